The van der Waals surface area contributed by atoms with Crippen molar-refractivity contribution in [3.05, 3.63) is 39.7 Å². The molecule has 1 aromatic rings. The van der Waals surface area contributed by atoms with Crippen LogP contribution in [0.1, 0.15) is 12.8 Å². The van der Waals surface area contributed by atoms with Crippen LogP contribution in [0.2, 0.25) is 5.02 Å². The standard InChI is InChI=1S/C19H28ClN5O4/c20-16-4-1-2-5-17(16)25-9-3-6-18(25)19(26)22-7-10-27-12-14-29-15-13-28-11-8-23-24-21/h1-2,4-5,18H,3,6-15H2,(H,22,26). The number of hydrogen-bond donors (Lipinski definition) is 1. The third-order valence-corrected chi connectivity index (χ3v) is 4.73. The fraction of sp³-hybridized carbons (Fsp3) is 0.632. The van der Waals surface area contributed by atoms with Gasteiger partial charge in [0.1, 0.15) is 6.04 Å². The molecule has 9 nitrogen and oxygen atoms in total. The topological polar surface area (TPSA) is 109 Å². The minimum Gasteiger partial charge on any atom is -0.379 e. The molecule has 1 aliphatic heterocycles. The number of nitrogens with zero attached hydrogens (tertiary/aromatic N) is 4. The van der Waals surface area contributed by atoms with Gasteiger partial charge in [0, 0.05) is 24.5 Å². The lowest BCUT2D eigenvalue weighted by atomic mass is 10.2. The second-order valence-electron chi connectivity index (χ2n) is 6.39. The lowest BCUT2D eigenvalue weighted by molar-refractivity contribution is -0.122. The van der Waals surface area contributed by atoms with E-state index in [0.29, 0.717) is 57.8 Å². The Hall–Kier alpha value is -2.03. The third-order valence-electron chi connectivity index (χ3n) is 4.41. The molecule has 0 bridgehead atoms. The van der Waals surface area contributed by atoms with E-state index in [2.05, 4.69) is 20.2 Å². The van der Waals surface area contributed by atoms with Crippen molar-refractivity contribution in [1.82, 2.24) is 5.32 Å². The molecule has 1 unspecified atom stereocenters. The molecule has 1 heterocycles. The number of ether oxygens (including phenoxy) is 3. The lowest BCUT2D eigenvalue weighted by Crippen LogP contribution is -2.44. The van der Waals surface area contributed by atoms with E-state index in [4.69, 9.17) is 31.3 Å². The van der Waals surface area contributed by atoms with Crippen LogP contribution in [0.4, 0.5) is 5.69 Å². The van der Waals surface area contributed by atoms with Gasteiger partial charge < -0.3 is 24.4 Å². The Labute approximate surface area is 175 Å². The van der Waals surface area contributed by atoms with E-state index in [9.17, 15) is 4.79 Å². The molecule has 160 valence electrons. The number of hydrogen-bond acceptors (Lipinski definition) is 6. The normalized spacial score (nSPS) is 15.9. The average Bonchev–Trinajstić information content (AvgIpc) is 3.21. The highest BCUT2D eigenvalue weighted by Gasteiger charge is 2.31. The zero-order chi connectivity index (χ0) is 20.7. The molecular formula is C19H28ClN5O4. The number of nitrogens with one attached hydrogen (secondary N) is 1. The summed E-state index contributed by atoms with van der Waals surface area (Å²) in [5, 5.41) is 6.96. The first-order valence-electron chi connectivity index (χ1n) is 9.77. The molecule has 1 aliphatic rings. The number of rotatable bonds is 14. The van der Waals surface area contributed by atoms with Gasteiger partial charge in [-0.2, -0.15) is 0 Å². The highest BCUT2D eigenvalue weighted by molar-refractivity contribution is 6.33. The van der Waals surface area contributed by atoms with Crippen LogP contribution in [0.3, 0.4) is 0 Å². The van der Waals surface area contributed by atoms with E-state index in [1.807, 2.05) is 24.3 Å². The average molecular weight is 426 g/mol. The van der Waals surface area contributed by atoms with Gasteiger partial charge in [-0.25, -0.2) is 0 Å². The van der Waals surface area contributed by atoms with Crippen molar-refractivity contribution in [2.24, 2.45) is 5.11 Å². The number of amides is 1. The molecular weight excluding hydrogens is 398 g/mol. The van der Waals surface area contributed by atoms with Gasteiger partial charge in [-0.15, -0.1) is 0 Å². The minimum absolute atomic E-state index is 0.000140. The SMILES string of the molecule is [N-]=[N+]=NCCOCCOCCOCCNC(=O)C1CCCN1c1ccccc1Cl. The number of carbonyl (C=O) groups excluding carboxylic acids is 1. The lowest BCUT2D eigenvalue weighted by Gasteiger charge is -2.26. The Kier molecular flexibility index (Phi) is 11.3. The number of azide groups is 1. The molecule has 1 aromatic carbocycles. The molecule has 0 aromatic heterocycles. The molecule has 1 saturated heterocycles. The molecule has 1 fully saturated rings. The molecule has 10 heteroatoms. The summed E-state index contributed by atoms with van der Waals surface area (Å²) in [6, 6.07) is 7.41. The first-order valence-corrected chi connectivity index (χ1v) is 10.1. The molecule has 2 rings (SSSR count). The van der Waals surface area contributed by atoms with Crippen LogP contribution in [0.15, 0.2) is 29.4 Å². The third kappa shape index (κ3) is 8.47. The summed E-state index contributed by atoms with van der Waals surface area (Å²) in [7, 11) is 0. The van der Waals surface area contributed by atoms with Crippen molar-refractivity contribution < 1.29 is 19.0 Å². The molecule has 0 radical (unpaired) electrons. The molecule has 1 amide bonds. The number of anilines is 1. The van der Waals surface area contributed by atoms with Crippen molar-refractivity contribution in [3.8, 4) is 0 Å². The number of carbonyl (C=O) groups is 1. The molecule has 0 saturated carbocycles. The van der Waals surface area contributed by atoms with E-state index in [0.717, 1.165) is 25.1 Å². The Morgan fingerprint density at radius 2 is 1.86 bits per heavy atom. The van der Waals surface area contributed by atoms with Crippen LogP contribution in [0, 0.1) is 0 Å². The van der Waals surface area contributed by atoms with E-state index >= 15 is 0 Å². The fourth-order valence-corrected chi connectivity index (χ4v) is 3.31. The minimum atomic E-state index is -0.197. The molecule has 1 N–H and O–H groups in total. The second kappa shape index (κ2) is 14.0. The maximum absolute atomic E-state index is 12.5. The van der Waals surface area contributed by atoms with E-state index in [1.165, 1.54) is 0 Å². The van der Waals surface area contributed by atoms with Crippen LogP contribution in [-0.4, -0.2) is 71.2 Å². The second-order valence-corrected chi connectivity index (χ2v) is 6.79. The Bertz CT molecular complexity index is 672. The summed E-state index contributed by atoms with van der Waals surface area (Å²) >= 11 is 6.28. The highest BCUT2D eigenvalue weighted by Crippen LogP contribution is 2.31. The van der Waals surface area contributed by atoms with Gasteiger partial charge >= 0.3 is 0 Å². The summed E-state index contributed by atoms with van der Waals surface area (Å²) in [4.78, 5) is 17.2. The fourth-order valence-electron chi connectivity index (χ4n) is 3.07. The van der Waals surface area contributed by atoms with Gasteiger partial charge in [0.15, 0.2) is 0 Å². The van der Waals surface area contributed by atoms with Crippen molar-refractivity contribution in [2.45, 2.75) is 18.9 Å². The number of halogens is 1. The van der Waals surface area contributed by atoms with Crippen LogP contribution in [0.5, 0.6) is 0 Å². The predicted octanol–water partition coefficient (Wildman–Crippen LogP) is 2.79. The monoisotopic (exact) mass is 425 g/mol. The van der Waals surface area contributed by atoms with Gasteiger partial charge in [-0.1, -0.05) is 28.8 Å². The van der Waals surface area contributed by atoms with Crippen LogP contribution in [-0.2, 0) is 19.0 Å². The summed E-state index contributed by atoms with van der Waals surface area (Å²) < 4.78 is 16.0. The molecule has 29 heavy (non-hydrogen) atoms. The van der Waals surface area contributed by atoms with E-state index in [-0.39, 0.29) is 11.9 Å². The van der Waals surface area contributed by atoms with E-state index in [1.54, 1.807) is 0 Å². The Morgan fingerprint density at radius 1 is 1.17 bits per heavy atom. The summed E-state index contributed by atoms with van der Waals surface area (Å²) in [6.45, 7) is 4.22. The van der Waals surface area contributed by atoms with Crippen molar-refractivity contribution >= 4 is 23.2 Å². The van der Waals surface area contributed by atoms with E-state index < -0.39 is 0 Å². The van der Waals surface area contributed by atoms with Crippen LogP contribution < -0.4 is 10.2 Å². The maximum Gasteiger partial charge on any atom is 0.242 e. The summed E-state index contributed by atoms with van der Waals surface area (Å²) in [5.41, 5.74) is 9.02. The Balaban J connectivity index is 1.51. The summed E-state index contributed by atoms with van der Waals surface area (Å²) in [5.74, 6) is 0.000140. The zero-order valence-corrected chi connectivity index (χ0v) is 17.2. The van der Waals surface area contributed by atoms with Gasteiger partial charge in [0.2, 0.25) is 5.91 Å². The Morgan fingerprint density at radius 3 is 2.59 bits per heavy atom. The van der Waals surface area contributed by atoms with Crippen molar-refractivity contribution in [2.75, 3.05) is 64.2 Å². The first kappa shape index (κ1) is 23.3. The molecule has 0 aliphatic carbocycles. The molecule has 0 spiro atoms. The van der Waals surface area contributed by atoms with Gasteiger partial charge in [-0.05, 0) is 30.5 Å². The van der Waals surface area contributed by atoms with Crippen LogP contribution >= 0.6 is 11.6 Å². The van der Waals surface area contributed by atoms with Gasteiger partial charge in [-0.3, -0.25) is 4.79 Å². The number of benzene rings is 1. The first-order chi connectivity index (χ1) is 14.2. The van der Waals surface area contributed by atoms with Gasteiger partial charge in [0.25, 0.3) is 0 Å². The maximum atomic E-state index is 12.5. The quantitative estimate of drug-likeness (QED) is 0.213. The zero-order valence-electron chi connectivity index (χ0n) is 16.5. The van der Waals surface area contributed by atoms with Crippen molar-refractivity contribution in [1.29, 1.82) is 0 Å². The predicted molar refractivity (Wildman–Crippen MR) is 111 cm³/mol. The smallest absolute Gasteiger partial charge is 0.242 e. The highest BCUT2D eigenvalue weighted by atomic mass is 35.5. The van der Waals surface area contributed by atoms with Crippen LogP contribution in [0.25, 0.3) is 10.4 Å². The van der Waals surface area contributed by atoms with Crippen molar-refractivity contribution in [3.63, 3.8) is 0 Å². The largest absolute Gasteiger partial charge is 0.379 e. The molecule has 1 atom stereocenters. The summed E-state index contributed by atoms with van der Waals surface area (Å²) in [6.07, 6.45) is 1.78. The number of para-hydroxylation sites is 1. The van der Waals surface area contributed by atoms with Gasteiger partial charge in [0.05, 0.1) is 50.4 Å².